The van der Waals surface area contributed by atoms with Crippen LogP contribution in [-0.4, -0.2) is 36.0 Å². The summed E-state index contributed by atoms with van der Waals surface area (Å²) in [6.45, 7) is 0.204. The largest absolute Gasteiger partial charge is 0.418 e. The molecule has 160 valence electrons. The number of amides is 1. The second-order valence-electron chi connectivity index (χ2n) is 7.04. The predicted octanol–water partition coefficient (Wildman–Crippen LogP) is 3.87. The molecule has 1 aliphatic heterocycles. The molecule has 30 heavy (non-hydrogen) atoms. The van der Waals surface area contributed by atoms with Crippen molar-refractivity contribution in [2.45, 2.75) is 37.7 Å². The minimum atomic E-state index is -4.65. The monoisotopic (exact) mass is 440 g/mol. The summed E-state index contributed by atoms with van der Waals surface area (Å²) in [5.41, 5.74) is 5.08. The van der Waals surface area contributed by atoms with Crippen molar-refractivity contribution < 1.29 is 27.5 Å². The number of anilines is 1. The highest BCUT2D eigenvalue weighted by atomic mass is 35.5. The van der Waals surface area contributed by atoms with E-state index in [1.54, 1.807) is 0 Å². The number of aldehydes is 1. The lowest BCUT2D eigenvalue weighted by Crippen LogP contribution is -2.43. The maximum absolute atomic E-state index is 13.1. The summed E-state index contributed by atoms with van der Waals surface area (Å²) >= 11 is 5.84. The highest BCUT2D eigenvalue weighted by Crippen LogP contribution is 2.38. The lowest BCUT2D eigenvalue weighted by atomic mass is 10.0. The zero-order chi connectivity index (χ0) is 21.9. The van der Waals surface area contributed by atoms with E-state index in [0.717, 1.165) is 11.6 Å². The van der Waals surface area contributed by atoms with Crippen LogP contribution in [0.5, 0.6) is 0 Å². The van der Waals surface area contributed by atoms with E-state index in [1.165, 1.54) is 11.0 Å². The molecule has 3 rings (SSSR count). The minimum absolute atomic E-state index is 0.0159. The second kappa shape index (κ2) is 9.06. The molecule has 1 unspecified atom stereocenters. The van der Waals surface area contributed by atoms with Crippen LogP contribution in [0.2, 0.25) is 5.02 Å². The zero-order valence-corrected chi connectivity index (χ0v) is 16.6. The van der Waals surface area contributed by atoms with E-state index in [1.807, 2.05) is 30.3 Å². The molecule has 2 aromatic carbocycles. The molecule has 2 atom stereocenters. The van der Waals surface area contributed by atoms with Gasteiger partial charge in [0, 0.05) is 6.42 Å². The summed E-state index contributed by atoms with van der Waals surface area (Å²) in [6.07, 6.45) is -4.70. The van der Waals surface area contributed by atoms with Crippen LogP contribution < -0.4 is 5.73 Å². The van der Waals surface area contributed by atoms with Crippen LogP contribution in [0.3, 0.4) is 0 Å². The summed E-state index contributed by atoms with van der Waals surface area (Å²) in [6, 6.07) is 11.3. The van der Waals surface area contributed by atoms with Gasteiger partial charge in [-0.15, -0.1) is 0 Å². The summed E-state index contributed by atoms with van der Waals surface area (Å²) in [4.78, 5) is 25.6. The SMILES string of the molecule is Nc1c(Cl)cc(CCC(=O)N2C(C=O)OC[C@H]2Cc2ccccc2)cc1C(F)(F)F. The average molecular weight is 441 g/mol. The van der Waals surface area contributed by atoms with Crippen molar-refractivity contribution in [2.75, 3.05) is 12.3 Å². The number of nitrogen functional groups attached to an aromatic ring is 1. The number of ether oxygens (including phenoxy) is 1. The van der Waals surface area contributed by atoms with Crippen LogP contribution in [0.4, 0.5) is 18.9 Å². The third kappa shape index (κ3) is 4.94. The summed E-state index contributed by atoms with van der Waals surface area (Å²) in [5.74, 6) is -0.382. The van der Waals surface area contributed by atoms with E-state index < -0.39 is 23.7 Å². The first kappa shape index (κ1) is 22.1. The molecule has 1 saturated heterocycles. The minimum Gasteiger partial charge on any atom is -0.397 e. The predicted molar refractivity (Wildman–Crippen MR) is 106 cm³/mol. The van der Waals surface area contributed by atoms with E-state index in [9.17, 15) is 22.8 Å². The van der Waals surface area contributed by atoms with E-state index in [-0.39, 0.29) is 42.0 Å². The van der Waals surface area contributed by atoms with Crippen molar-refractivity contribution in [1.82, 2.24) is 4.90 Å². The van der Waals surface area contributed by atoms with Gasteiger partial charge in [0.05, 0.1) is 28.9 Å². The zero-order valence-electron chi connectivity index (χ0n) is 15.9. The van der Waals surface area contributed by atoms with Crippen molar-refractivity contribution in [3.8, 4) is 0 Å². The first-order valence-corrected chi connectivity index (χ1v) is 9.65. The van der Waals surface area contributed by atoms with Crippen molar-refractivity contribution in [3.63, 3.8) is 0 Å². The lowest BCUT2D eigenvalue weighted by molar-refractivity contribution is -0.142. The fourth-order valence-electron chi connectivity index (χ4n) is 3.51. The van der Waals surface area contributed by atoms with Gasteiger partial charge in [-0.1, -0.05) is 41.9 Å². The lowest BCUT2D eigenvalue weighted by Gasteiger charge is -2.26. The Balaban J connectivity index is 1.73. The molecule has 1 amide bonds. The Morgan fingerprint density at radius 3 is 2.57 bits per heavy atom. The third-order valence-electron chi connectivity index (χ3n) is 4.97. The van der Waals surface area contributed by atoms with Crippen LogP contribution >= 0.6 is 11.6 Å². The Hall–Kier alpha value is -2.58. The molecule has 5 nitrogen and oxygen atoms in total. The number of alkyl halides is 3. The van der Waals surface area contributed by atoms with Crippen LogP contribution in [0, 0.1) is 0 Å². The summed E-state index contributed by atoms with van der Waals surface area (Å²) in [7, 11) is 0. The van der Waals surface area contributed by atoms with Crippen LogP contribution in [0.1, 0.15) is 23.1 Å². The van der Waals surface area contributed by atoms with Gasteiger partial charge in [-0.2, -0.15) is 13.2 Å². The molecule has 2 aromatic rings. The van der Waals surface area contributed by atoms with Gasteiger partial charge in [-0.05, 0) is 36.1 Å². The van der Waals surface area contributed by atoms with Gasteiger partial charge in [0.2, 0.25) is 5.91 Å². The smallest absolute Gasteiger partial charge is 0.397 e. The van der Waals surface area contributed by atoms with Gasteiger partial charge in [-0.3, -0.25) is 9.59 Å². The van der Waals surface area contributed by atoms with E-state index in [4.69, 9.17) is 22.1 Å². The number of carbonyl (C=O) groups excluding carboxylic acids is 2. The maximum Gasteiger partial charge on any atom is 0.418 e. The number of hydrogen-bond donors (Lipinski definition) is 1. The van der Waals surface area contributed by atoms with Crippen molar-refractivity contribution in [3.05, 3.63) is 64.2 Å². The quantitative estimate of drug-likeness (QED) is 0.546. The Kier molecular flexibility index (Phi) is 6.67. The molecule has 0 bridgehead atoms. The Bertz CT molecular complexity index is 922. The van der Waals surface area contributed by atoms with Crippen LogP contribution in [0.15, 0.2) is 42.5 Å². The topological polar surface area (TPSA) is 72.6 Å². The van der Waals surface area contributed by atoms with Crippen molar-refractivity contribution in [1.29, 1.82) is 0 Å². The van der Waals surface area contributed by atoms with Crippen LogP contribution in [-0.2, 0) is 33.3 Å². The molecular weight excluding hydrogens is 421 g/mol. The van der Waals surface area contributed by atoms with Gasteiger partial charge < -0.3 is 15.4 Å². The molecule has 1 fully saturated rings. The van der Waals surface area contributed by atoms with Gasteiger partial charge >= 0.3 is 6.18 Å². The highest BCUT2D eigenvalue weighted by molar-refractivity contribution is 6.33. The number of aryl methyl sites for hydroxylation is 1. The van der Waals surface area contributed by atoms with Crippen LogP contribution in [0.25, 0.3) is 0 Å². The van der Waals surface area contributed by atoms with Crippen molar-refractivity contribution in [2.24, 2.45) is 0 Å². The molecular formula is C21H20ClF3N2O3. The number of benzene rings is 2. The van der Waals surface area contributed by atoms with Crippen molar-refractivity contribution >= 4 is 29.5 Å². The normalized spacial score (nSPS) is 19.1. The van der Waals surface area contributed by atoms with Gasteiger partial charge in [0.1, 0.15) is 0 Å². The Morgan fingerprint density at radius 1 is 1.23 bits per heavy atom. The summed E-state index contributed by atoms with van der Waals surface area (Å²) < 4.78 is 44.8. The van der Waals surface area contributed by atoms with Gasteiger partial charge in [0.25, 0.3) is 0 Å². The molecule has 0 radical (unpaired) electrons. The molecule has 2 N–H and O–H groups in total. The highest BCUT2D eigenvalue weighted by Gasteiger charge is 2.38. The molecule has 0 spiro atoms. The number of hydrogen-bond acceptors (Lipinski definition) is 4. The van der Waals surface area contributed by atoms with E-state index in [2.05, 4.69) is 0 Å². The fraction of sp³-hybridized carbons (Fsp3) is 0.333. The van der Waals surface area contributed by atoms with E-state index >= 15 is 0 Å². The Labute approximate surface area is 176 Å². The maximum atomic E-state index is 13.1. The first-order valence-electron chi connectivity index (χ1n) is 9.27. The molecule has 0 saturated carbocycles. The van der Waals surface area contributed by atoms with Gasteiger partial charge in [-0.25, -0.2) is 0 Å². The standard InChI is InChI=1S/C21H20ClF3N2O3/c22-17-10-14(9-16(20(17)26)21(23,24)25)6-7-18(29)27-15(12-30-19(27)11-28)8-13-4-2-1-3-5-13/h1-5,9-11,15,19H,6-8,12,26H2/t15-,19?/m1/s1. The number of halogens is 4. The first-order chi connectivity index (χ1) is 14.2. The summed E-state index contributed by atoms with van der Waals surface area (Å²) in [5, 5.41) is -0.218. The second-order valence-corrected chi connectivity index (χ2v) is 7.45. The Morgan fingerprint density at radius 2 is 1.93 bits per heavy atom. The van der Waals surface area contributed by atoms with E-state index in [0.29, 0.717) is 12.7 Å². The van der Waals surface area contributed by atoms with Gasteiger partial charge in [0.15, 0.2) is 12.5 Å². The number of nitrogens with two attached hydrogens (primary N) is 1. The number of carbonyl (C=O) groups is 2. The molecule has 1 aliphatic rings. The average Bonchev–Trinajstić information content (AvgIpc) is 3.11. The number of rotatable bonds is 6. The molecule has 0 aromatic heterocycles. The third-order valence-corrected chi connectivity index (χ3v) is 5.28. The molecule has 9 heteroatoms. The fourth-order valence-corrected chi connectivity index (χ4v) is 3.75. The molecule has 0 aliphatic carbocycles. The molecule has 1 heterocycles. The number of nitrogens with zero attached hydrogens (tertiary/aromatic N) is 1.